The van der Waals surface area contributed by atoms with Crippen molar-refractivity contribution in [2.75, 3.05) is 32.8 Å². The number of sulfonamides is 1. The van der Waals surface area contributed by atoms with Gasteiger partial charge in [-0.05, 0) is 62.8 Å². The number of benzene rings is 1. The van der Waals surface area contributed by atoms with E-state index in [1.54, 1.807) is 12.1 Å². The molecule has 4 rings (SSSR count). The van der Waals surface area contributed by atoms with E-state index < -0.39 is 15.6 Å². The molecule has 0 spiro atoms. The van der Waals surface area contributed by atoms with Crippen LogP contribution in [0.15, 0.2) is 23.1 Å². The Balaban J connectivity index is 1.39. The van der Waals surface area contributed by atoms with Crippen LogP contribution in [0.4, 0.5) is 4.79 Å². The molecule has 2 saturated heterocycles. The number of rotatable bonds is 5. The summed E-state index contributed by atoms with van der Waals surface area (Å²) >= 11 is 0. The molecular weight excluding hydrogens is 392 g/mol. The predicted octanol–water partition coefficient (Wildman–Crippen LogP) is -0.129. The molecule has 3 fully saturated rings. The molecule has 1 aliphatic carbocycles. The molecule has 158 valence electrons. The summed E-state index contributed by atoms with van der Waals surface area (Å²) in [5, 5.41) is 2.86. The van der Waals surface area contributed by atoms with Gasteiger partial charge >= 0.3 is 6.03 Å². The third kappa shape index (κ3) is 3.55. The highest BCUT2D eigenvalue weighted by molar-refractivity contribution is 7.89. The molecular formula is C20H29N4O4S+. The summed E-state index contributed by atoms with van der Waals surface area (Å²) in [6.45, 7) is 7.81. The summed E-state index contributed by atoms with van der Waals surface area (Å²) in [6, 6.07) is 4.87. The lowest BCUT2D eigenvalue weighted by Crippen LogP contribution is -3.16. The van der Waals surface area contributed by atoms with E-state index >= 15 is 0 Å². The summed E-state index contributed by atoms with van der Waals surface area (Å²) < 4.78 is 27.4. The monoisotopic (exact) mass is 421 g/mol. The highest BCUT2D eigenvalue weighted by atomic mass is 32.2. The number of nitrogens with one attached hydrogen (secondary N) is 2. The summed E-state index contributed by atoms with van der Waals surface area (Å²) in [5.74, 6) is 0.0848. The number of aryl methyl sites for hydroxylation is 2. The number of piperazine rings is 1. The fraction of sp³-hybridized carbons (Fsp3) is 0.600. The van der Waals surface area contributed by atoms with Crippen molar-refractivity contribution in [1.29, 1.82) is 0 Å². The van der Waals surface area contributed by atoms with Gasteiger partial charge in [-0.3, -0.25) is 4.79 Å². The van der Waals surface area contributed by atoms with E-state index in [0.29, 0.717) is 31.1 Å². The van der Waals surface area contributed by atoms with E-state index in [1.165, 1.54) is 9.21 Å². The van der Waals surface area contributed by atoms with Crippen LogP contribution in [0, 0.1) is 19.8 Å². The average molecular weight is 422 g/mol. The van der Waals surface area contributed by atoms with Crippen LogP contribution in [0.1, 0.15) is 30.9 Å². The number of nitrogens with zero attached hydrogens (tertiary/aromatic N) is 2. The molecule has 0 radical (unpaired) electrons. The van der Waals surface area contributed by atoms with Gasteiger partial charge in [-0.2, -0.15) is 4.31 Å². The van der Waals surface area contributed by atoms with Crippen LogP contribution < -0.4 is 10.2 Å². The van der Waals surface area contributed by atoms with E-state index in [0.717, 1.165) is 28.9 Å². The Morgan fingerprint density at radius 3 is 2.38 bits per heavy atom. The second kappa shape index (κ2) is 7.07. The Morgan fingerprint density at radius 2 is 1.79 bits per heavy atom. The molecule has 0 unspecified atom stereocenters. The first kappa shape index (κ1) is 20.3. The van der Waals surface area contributed by atoms with E-state index in [2.05, 4.69) is 5.32 Å². The van der Waals surface area contributed by atoms with Gasteiger partial charge in [0.25, 0.3) is 5.91 Å². The van der Waals surface area contributed by atoms with Crippen LogP contribution >= 0.6 is 0 Å². The van der Waals surface area contributed by atoms with Crippen LogP contribution in [-0.2, 0) is 14.8 Å². The number of carbonyl (C=O) groups excluding carboxylic acids is 2. The average Bonchev–Trinajstić information content (AvgIpc) is 3.50. The predicted molar refractivity (Wildman–Crippen MR) is 107 cm³/mol. The third-order valence-corrected chi connectivity index (χ3v) is 8.52. The maximum absolute atomic E-state index is 13.0. The number of hydrogen-bond donors (Lipinski definition) is 2. The second-order valence-corrected chi connectivity index (χ2v) is 10.6. The van der Waals surface area contributed by atoms with Gasteiger partial charge in [0, 0.05) is 0 Å². The highest BCUT2D eigenvalue weighted by Crippen LogP contribution is 2.42. The van der Waals surface area contributed by atoms with E-state index in [1.807, 2.05) is 26.8 Å². The summed E-state index contributed by atoms with van der Waals surface area (Å²) in [4.78, 5) is 27.8. The molecule has 2 heterocycles. The van der Waals surface area contributed by atoms with Gasteiger partial charge in [0.2, 0.25) is 10.0 Å². The molecule has 0 aromatic heterocycles. The van der Waals surface area contributed by atoms with Crippen LogP contribution in [0.5, 0.6) is 0 Å². The van der Waals surface area contributed by atoms with E-state index in [-0.39, 0.29) is 24.5 Å². The van der Waals surface area contributed by atoms with Crippen molar-refractivity contribution in [3.63, 3.8) is 0 Å². The minimum Gasteiger partial charge on any atom is -0.323 e. The van der Waals surface area contributed by atoms with Crippen molar-refractivity contribution in [3.05, 3.63) is 29.3 Å². The highest BCUT2D eigenvalue weighted by Gasteiger charge is 2.56. The second-order valence-electron chi connectivity index (χ2n) is 8.70. The SMILES string of the molecule is Cc1ccc(S(=O)(=O)N2CC[NH+](CN3C(=O)N[C@](C)(C4CC4)C3=O)CC2)cc1C. The maximum Gasteiger partial charge on any atom is 0.329 e. The Labute approximate surface area is 171 Å². The van der Waals surface area contributed by atoms with Crippen LogP contribution in [0.3, 0.4) is 0 Å². The number of hydrogen-bond acceptors (Lipinski definition) is 4. The zero-order chi connectivity index (χ0) is 21.0. The van der Waals surface area contributed by atoms with Gasteiger partial charge in [-0.15, -0.1) is 0 Å². The minimum absolute atomic E-state index is 0.150. The van der Waals surface area contributed by atoms with Crippen molar-refractivity contribution in [3.8, 4) is 0 Å². The Hall–Kier alpha value is -1.97. The van der Waals surface area contributed by atoms with Gasteiger partial charge < -0.3 is 10.2 Å². The van der Waals surface area contributed by atoms with Crippen LogP contribution in [-0.4, -0.2) is 67.9 Å². The van der Waals surface area contributed by atoms with Crippen LogP contribution in [0.2, 0.25) is 0 Å². The summed E-state index contributed by atoms with van der Waals surface area (Å²) in [7, 11) is -3.53. The molecule has 9 heteroatoms. The maximum atomic E-state index is 13.0. The smallest absolute Gasteiger partial charge is 0.323 e. The number of urea groups is 1. The zero-order valence-electron chi connectivity index (χ0n) is 17.2. The van der Waals surface area contributed by atoms with Crippen molar-refractivity contribution >= 4 is 22.0 Å². The lowest BCUT2D eigenvalue weighted by Gasteiger charge is -2.33. The number of amides is 3. The van der Waals surface area contributed by atoms with Crippen molar-refractivity contribution < 1.29 is 22.9 Å². The first-order chi connectivity index (χ1) is 13.6. The van der Waals surface area contributed by atoms with E-state index in [4.69, 9.17) is 0 Å². The molecule has 1 saturated carbocycles. The van der Waals surface area contributed by atoms with Crippen molar-refractivity contribution in [2.45, 2.75) is 44.0 Å². The third-order valence-electron chi connectivity index (χ3n) is 6.62. The standard InChI is InChI=1S/C20H28N4O4S/c1-14-4-7-17(12-15(14)2)29(27,28)23-10-8-22(9-11-23)13-24-18(25)20(3,16-5-6-16)21-19(24)26/h4,7,12,16H,5-6,8-11,13H2,1-3H3,(H,21,26)/p+1/t20-/m1/s1. The summed E-state index contributed by atoms with van der Waals surface area (Å²) in [5.41, 5.74) is 1.24. The quantitative estimate of drug-likeness (QED) is 0.648. The van der Waals surface area contributed by atoms with Gasteiger partial charge in [-0.1, -0.05) is 6.07 Å². The van der Waals surface area contributed by atoms with Gasteiger partial charge in [0.15, 0.2) is 6.67 Å². The number of carbonyl (C=O) groups is 2. The largest absolute Gasteiger partial charge is 0.329 e. The fourth-order valence-corrected chi connectivity index (χ4v) is 5.77. The van der Waals surface area contributed by atoms with Gasteiger partial charge in [0.05, 0.1) is 31.1 Å². The minimum atomic E-state index is -3.53. The molecule has 1 aromatic rings. The lowest BCUT2D eigenvalue weighted by atomic mass is 9.96. The topological polar surface area (TPSA) is 91.2 Å². The number of imide groups is 1. The summed E-state index contributed by atoms with van der Waals surface area (Å²) in [6.07, 6.45) is 1.94. The molecule has 0 bridgehead atoms. The Morgan fingerprint density at radius 1 is 1.14 bits per heavy atom. The first-order valence-corrected chi connectivity index (χ1v) is 11.6. The number of quaternary nitrogens is 1. The van der Waals surface area contributed by atoms with Crippen molar-refractivity contribution in [1.82, 2.24) is 14.5 Å². The first-order valence-electron chi connectivity index (χ1n) is 10.2. The zero-order valence-corrected chi connectivity index (χ0v) is 18.0. The molecule has 2 N–H and O–H groups in total. The van der Waals surface area contributed by atoms with E-state index in [9.17, 15) is 18.0 Å². The molecule has 3 aliphatic rings. The Kier molecular flexibility index (Phi) is 4.95. The van der Waals surface area contributed by atoms with Crippen molar-refractivity contribution in [2.24, 2.45) is 5.92 Å². The molecule has 1 atom stereocenters. The fourth-order valence-electron chi connectivity index (χ4n) is 4.24. The molecule has 29 heavy (non-hydrogen) atoms. The molecule has 2 aliphatic heterocycles. The Bertz CT molecular complexity index is 951. The van der Waals surface area contributed by atoms with Crippen LogP contribution in [0.25, 0.3) is 0 Å². The van der Waals surface area contributed by atoms with Gasteiger partial charge in [-0.25, -0.2) is 18.1 Å². The molecule has 3 amide bonds. The normalized spacial score (nSPS) is 26.8. The lowest BCUT2D eigenvalue weighted by molar-refractivity contribution is -0.910. The molecule has 1 aromatic carbocycles. The molecule has 8 nitrogen and oxygen atoms in total. The van der Waals surface area contributed by atoms with Gasteiger partial charge in [0.1, 0.15) is 5.54 Å².